The molecule has 2 aromatic rings. The first kappa shape index (κ1) is 20.5. The molecule has 29 heavy (non-hydrogen) atoms. The van der Waals surface area contributed by atoms with Crippen molar-refractivity contribution in [1.82, 2.24) is 34.3 Å². The molecule has 0 saturated carbocycles. The summed E-state index contributed by atoms with van der Waals surface area (Å²) in [6, 6.07) is 2.15. The van der Waals surface area contributed by atoms with E-state index in [0.717, 1.165) is 88.6 Å². The topological polar surface area (TPSA) is 56.0 Å². The molecule has 8 heteroatoms. The summed E-state index contributed by atoms with van der Waals surface area (Å²) in [5.74, 6) is 2.75. The molecule has 2 aromatic heterocycles. The highest BCUT2D eigenvalue weighted by Crippen LogP contribution is 2.19. The lowest BCUT2D eigenvalue weighted by Gasteiger charge is -2.35. The van der Waals surface area contributed by atoms with Crippen LogP contribution in [-0.4, -0.2) is 99.7 Å². The van der Waals surface area contributed by atoms with E-state index >= 15 is 0 Å². The van der Waals surface area contributed by atoms with Gasteiger partial charge in [-0.1, -0.05) is 20.3 Å². The van der Waals surface area contributed by atoms with E-state index in [4.69, 9.17) is 10.1 Å². The zero-order valence-corrected chi connectivity index (χ0v) is 18.3. The van der Waals surface area contributed by atoms with Gasteiger partial charge < -0.3 is 14.7 Å². The summed E-state index contributed by atoms with van der Waals surface area (Å²) in [6.07, 6.45) is 2.57. The highest BCUT2D eigenvalue weighted by atomic mass is 15.4. The molecule has 8 nitrogen and oxygen atoms in total. The van der Waals surface area contributed by atoms with Crippen molar-refractivity contribution in [1.29, 1.82) is 0 Å². The van der Waals surface area contributed by atoms with E-state index in [0.29, 0.717) is 0 Å². The average molecular weight is 401 g/mol. The molecule has 2 aliphatic rings. The van der Waals surface area contributed by atoms with Gasteiger partial charge in [0, 0.05) is 64.1 Å². The fourth-order valence-electron chi connectivity index (χ4n) is 4.35. The number of unbranched alkanes of at least 4 members (excludes halogenated alkanes) is 1. The number of rotatable bonds is 7. The van der Waals surface area contributed by atoms with Gasteiger partial charge >= 0.3 is 0 Å². The molecule has 0 aromatic carbocycles. The highest BCUT2D eigenvalue weighted by Gasteiger charge is 2.22. The SMILES string of the molecule is CCCCN1CCN(Cc2nc3nc(C)cc(N4CCN(CC)CC4)n3n2)CC1. The zero-order valence-electron chi connectivity index (χ0n) is 18.3. The lowest BCUT2D eigenvalue weighted by molar-refractivity contribution is 0.124. The summed E-state index contributed by atoms with van der Waals surface area (Å²) in [6.45, 7) is 18.5. The Morgan fingerprint density at radius 2 is 1.55 bits per heavy atom. The number of aryl methyl sites for hydroxylation is 1. The van der Waals surface area contributed by atoms with E-state index in [1.807, 2.05) is 4.52 Å². The molecular formula is C21H36N8. The number of likely N-dealkylation sites (N-methyl/N-ethyl adjacent to an activating group) is 1. The average Bonchev–Trinajstić information content (AvgIpc) is 3.14. The summed E-state index contributed by atoms with van der Waals surface area (Å²) < 4.78 is 1.96. The Morgan fingerprint density at radius 3 is 2.24 bits per heavy atom. The maximum Gasteiger partial charge on any atom is 0.254 e. The van der Waals surface area contributed by atoms with Crippen LogP contribution >= 0.6 is 0 Å². The van der Waals surface area contributed by atoms with E-state index in [9.17, 15) is 0 Å². The Balaban J connectivity index is 1.44. The molecule has 0 amide bonds. The van der Waals surface area contributed by atoms with Crippen molar-refractivity contribution < 1.29 is 0 Å². The third-order valence-corrected chi connectivity index (χ3v) is 6.27. The number of nitrogens with zero attached hydrogens (tertiary/aromatic N) is 8. The molecule has 0 N–H and O–H groups in total. The van der Waals surface area contributed by atoms with E-state index in [2.05, 4.69) is 51.4 Å². The largest absolute Gasteiger partial charge is 0.354 e. The van der Waals surface area contributed by atoms with Crippen molar-refractivity contribution in [2.24, 2.45) is 0 Å². The fourth-order valence-corrected chi connectivity index (χ4v) is 4.35. The van der Waals surface area contributed by atoms with Crippen molar-refractivity contribution in [2.75, 3.05) is 70.3 Å². The maximum absolute atomic E-state index is 4.86. The lowest BCUT2D eigenvalue weighted by atomic mass is 10.2. The van der Waals surface area contributed by atoms with Crippen molar-refractivity contribution in [3.63, 3.8) is 0 Å². The van der Waals surface area contributed by atoms with Gasteiger partial charge in [0.05, 0.1) is 6.54 Å². The second-order valence-electron chi connectivity index (χ2n) is 8.39. The number of anilines is 1. The molecule has 2 aliphatic heterocycles. The minimum atomic E-state index is 0.731. The quantitative estimate of drug-likeness (QED) is 0.698. The monoisotopic (exact) mass is 400 g/mol. The van der Waals surface area contributed by atoms with Crippen LogP contribution in [0.2, 0.25) is 0 Å². The number of hydrogen-bond donors (Lipinski definition) is 0. The van der Waals surface area contributed by atoms with Gasteiger partial charge in [-0.25, -0.2) is 4.98 Å². The molecule has 0 spiro atoms. The first-order chi connectivity index (χ1) is 14.2. The smallest absolute Gasteiger partial charge is 0.254 e. The third kappa shape index (κ3) is 4.87. The van der Waals surface area contributed by atoms with E-state index in [1.54, 1.807) is 0 Å². The molecule has 0 radical (unpaired) electrons. The van der Waals surface area contributed by atoms with Gasteiger partial charge in [0.1, 0.15) is 5.82 Å². The van der Waals surface area contributed by atoms with Crippen LogP contribution in [-0.2, 0) is 6.54 Å². The molecule has 4 heterocycles. The van der Waals surface area contributed by atoms with Gasteiger partial charge in [-0.15, -0.1) is 5.10 Å². The second kappa shape index (κ2) is 9.36. The van der Waals surface area contributed by atoms with Crippen molar-refractivity contribution in [2.45, 2.75) is 40.2 Å². The van der Waals surface area contributed by atoms with E-state index in [1.165, 1.54) is 19.4 Å². The molecule has 4 rings (SSSR count). The van der Waals surface area contributed by atoms with Crippen LogP contribution in [0, 0.1) is 6.92 Å². The summed E-state index contributed by atoms with van der Waals surface area (Å²) in [4.78, 5) is 19.4. The number of hydrogen-bond acceptors (Lipinski definition) is 7. The van der Waals surface area contributed by atoms with Gasteiger partial charge in [0.2, 0.25) is 0 Å². The summed E-state index contributed by atoms with van der Waals surface area (Å²) in [5.41, 5.74) is 1.01. The minimum Gasteiger partial charge on any atom is -0.354 e. The Hall–Kier alpha value is -1.77. The Bertz CT molecular complexity index is 787. The molecule has 0 bridgehead atoms. The van der Waals surface area contributed by atoms with Crippen LogP contribution < -0.4 is 4.90 Å². The van der Waals surface area contributed by atoms with E-state index in [-0.39, 0.29) is 0 Å². The molecular weight excluding hydrogens is 364 g/mol. The predicted octanol–water partition coefficient (Wildman–Crippen LogP) is 1.49. The van der Waals surface area contributed by atoms with Crippen molar-refractivity contribution in [3.05, 3.63) is 17.6 Å². The first-order valence-electron chi connectivity index (χ1n) is 11.3. The Labute approximate surface area is 174 Å². The normalized spacial score (nSPS) is 20.0. The van der Waals surface area contributed by atoms with Crippen LogP contribution in [0.4, 0.5) is 5.82 Å². The Morgan fingerprint density at radius 1 is 0.862 bits per heavy atom. The van der Waals surface area contributed by atoms with E-state index < -0.39 is 0 Å². The van der Waals surface area contributed by atoms with Crippen LogP contribution in [0.25, 0.3) is 5.78 Å². The standard InChI is InChI=1S/C21H36N8/c1-4-6-7-26-8-10-27(11-9-26)17-19-23-21-22-18(3)16-20(29(21)24-19)28-14-12-25(5-2)13-15-28/h16H,4-15,17H2,1-3H3. The third-order valence-electron chi connectivity index (χ3n) is 6.27. The van der Waals surface area contributed by atoms with Crippen LogP contribution in [0.5, 0.6) is 0 Å². The van der Waals surface area contributed by atoms with Crippen LogP contribution in [0.15, 0.2) is 6.07 Å². The first-order valence-corrected chi connectivity index (χ1v) is 11.3. The van der Waals surface area contributed by atoms with Gasteiger partial charge in [-0.3, -0.25) is 4.90 Å². The predicted molar refractivity (Wildman–Crippen MR) is 116 cm³/mol. The van der Waals surface area contributed by atoms with Crippen molar-refractivity contribution in [3.8, 4) is 0 Å². The molecule has 160 valence electrons. The molecule has 2 saturated heterocycles. The molecule has 0 aliphatic carbocycles. The van der Waals surface area contributed by atoms with Crippen LogP contribution in [0.1, 0.15) is 38.2 Å². The second-order valence-corrected chi connectivity index (χ2v) is 8.39. The number of fused-ring (bicyclic) bond motifs is 1. The number of piperazine rings is 2. The summed E-state index contributed by atoms with van der Waals surface area (Å²) in [7, 11) is 0. The van der Waals surface area contributed by atoms with Crippen molar-refractivity contribution >= 4 is 11.6 Å². The molecule has 2 fully saturated rings. The summed E-state index contributed by atoms with van der Waals surface area (Å²) in [5, 5.41) is 4.86. The van der Waals surface area contributed by atoms with Gasteiger partial charge in [-0.2, -0.15) is 9.50 Å². The lowest BCUT2D eigenvalue weighted by Crippen LogP contribution is -2.46. The molecule has 0 unspecified atom stereocenters. The Kier molecular flexibility index (Phi) is 6.62. The highest BCUT2D eigenvalue weighted by molar-refractivity contribution is 5.48. The molecule has 0 atom stereocenters. The minimum absolute atomic E-state index is 0.731. The van der Waals surface area contributed by atoms with Gasteiger partial charge in [-0.05, 0) is 26.4 Å². The summed E-state index contributed by atoms with van der Waals surface area (Å²) >= 11 is 0. The number of aromatic nitrogens is 4. The van der Waals surface area contributed by atoms with Gasteiger partial charge in [0.15, 0.2) is 5.82 Å². The maximum atomic E-state index is 4.86. The van der Waals surface area contributed by atoms with Gasteiger partial charge in [0.25, 0.3) is 5.78 Å². The zero-order chi connectivity index (χ0) is 20.2. The fraction of sp³-hybridized carbons (Fsp3) is 0.762. The van der Waals surface area contributed by atoms with Crippen LogP contribution in [0.3, 0.4) is 0 Å².